The van der Waals surface area contributed by atoms with Crippen molar-refractivity contribution in [1.29, 1.82) is 0 Å². The molecule has 3 aliphatic carbocycles. The molecule has 0 saturated heterocycles. The van der Waals surface area contributed by atoms with E-state index in [1.165, 1.54) is 19.3 Å². The van der Waals surface area contributed by atoms with E-state index in [2.05, 4.69) is 51.7 Å². The fourth-order valence-corrected chi connectivity index (χ4v) is 8.39. The quantitative estimate of drug-likeness (QED) is 0.324. The lowest BCUT2D eigenvalue weighted by Gasteiger charge is -2.52. The predicted octanol–water partition coefficient (Wildman–Crippen LogP) is 9.25. The molecule has 6 rings (SSSR count). The van der Waals surface area contributed by atoms with E-state index in [4.69, 9.17) is 21.1 Å². The molecule has 4 aliphatic rings. The van der Waals surface area contributed by atoms with Crippen LogP contribution >= 0.6 is 11.6 Å². The van der Waals surface area contributed by atoms with Gasteiger partial charge in [0.25, 0.3) is 0 Å². The highest BCUT2D eigenvalue weighted by Gasteiger charge is 2.50. The van der Waals surface area contributed by atoms with Crippen molar-refractivity contribution < 1.29 is 19.1 Å². The third-order valence-electron chi connectivity index (χ3n) is 9.94. The number of allylic oxidation sites excluding steroid dienone is 4. The van der Waals surface area contributed by atoms with Crippen molar-refractivity contribution in [1.82, 2.24) is 4.90 Å². The summed E-state index contributed by atoms with van der Waals surface area (Å²) >= 11 is 6.98. The van der Waals surface area contributed by atoms with Gasteiger partial charge in [-0.15, -0.1) is 0 Å². The van der Waals surface area contributed by atoms with E-state index in [1.807, 2.05) is 24.3 Å². The fourth-order valence-electron chi connectivity index (χ4n) is 8.11. The lowest BCUT2D eigenvalue weighted by molar-refractivity contribution is -0.119. The summed E-state index contributed by atoms with van der Waals surface area (Å²) in [7, 11) is 1.61. The Balaban J connectivity index is 1.50. The lowest BCUT2D eigenvalue weighted by Crippen LogP contribution is -2.48. The van der Waals surface area contributed by atoms with Crippen LogP contribution in [0.15, 0.2) is 58.9 Å². The highest BCUT2D eigenvalue weighted by atomic mass is 35.5. The Morgan fingerprint density at radius 1 is 0.864 bits per heavy atom. The van der Waals surface area contributed by atoms with Crippen LogP contribution in [0, 0.1) is 17.8 Å². The van der Waals surface area contributed by atoms with E-state index in [1.54, 1.807) is 7.11 Å². The highest BCUT2D eigenvalue weighted by molar-refractivity contribution is 6.32. The average Bonchev–Trinajstić information content (AvgIpc) is 2.94. The van der Waals surface area contributed by atoms with Gasteiger partial charge in [0.15, 0.2) is 23.1 Å². The number of Topliss-reactive ketones (excluding diaryl/α,β-unsaturated/α-hetero) is 2. The molecule has 234 valence electrons. The first-order valence-corrected chi connectivity index (χ1v) is 16.6. The van der Waals surface area contributed by atoms with Crippen molar-refractivity contribution in [2.45, 2.75) is 111 Å². The van der Waals surface area contributed by atoms with Crippen molar-refractivity contribution in [2.24, 2.45) is 10.8 Å². The summed E-state index contributed by atoms with van der Waals surface area (Å²) in [6.45, 7) is 11.2. The molecule has 6 heteroatoms. The van der Waals surface area contributed by atoms with E-state index < -0.39 is 5.92 Å². The number of benzene rings is 2. The van der Waals surface area contributed by atoms with Crippen molar-refractivity contribution in [3.05, 3.63) is 80.7 Å². The summed E-state index contributed by atoms with van der Waals surface area (Å²) in [6, 6.07) is 12.3. The van der Waals surface area contributed by atoms with Crippen molar-refractivity contribution in [3.63, 3.8) is 0 Å². The van der Waals surface area contributed by atoms with Gasteiger partial charge in [0.2, 0.25) is 0 Å². The number of rotatable bonds is 6. The van der Waals surface area contributed by atoms with E-state index >= 15 is 0 Å². The molecule has 0 N–H and O–H groups in total. The minimum Gasteiger partial charge on any atom is -0.493 e. The van der Waals surface area contributed by atoms with E-state index in [-0.39, 0.29) is 22.4 Å². The van der Waals surface area contributed by atoms with Crippen LogP contribution in [-0.2, 0) is 16.2 Å². The lowest BCUT2D eigenvalue weighted by atomic mass is 9.63. The van der Waals surface area contributed by atoms with Gasteiger partial charge in [0.1, 0.15) is 6.61 Å². The van der Waals surface area contributed by atoms with Gasteiger partial charge in [0.05, 0.1) is 12.1 Å². The van der Waals surface area contributed by atoms with Crippen LogP contribution in [0.3, 0.4) is 0 Å². The summed E-state index contributed by atoms with van der Waals surface area (Å²) < 4.78 is 12.1. The van der Waals surface area contributed by atoms with Crippen LogP contribution in [0.4, 0.5) is 0 Å². The second-order valence-electron chi connectivity index (χ2n) is 15.0. The van der Waals surface area contributed by atoms with Crippen LogP contribution in [-0.4, -0.2) is 29.6 Å². The van der Waals surface area contributed by atoms with Gasteiger partial charge in [-0.05, 0) is 66.7 Å². The number of ketones is 2. The number of methoxy groups -OCH3 is 1. The normalized spacial score (nSPS) is 22.2. The Labute approximate surface area is 267 Å². The Morgan fingerprint density at radius 3 is 2.05 bits per heavy atom. The van der Waals surface area contributed by atoms with Crippen molar-refractivity contribution >= 4 is 23.2 Å². The van der Waals surface area contributed by atoms with Gasteiger partial charge in [-0.25, -0.2) is 0 Å². The molecule has 2 aromatic carbocycles. The first kappa shape index (κ1) is 31.0. The monoisotopic (exact) mass is 615 g/mol. The second kappa shape index (κ2) is 11.7. The van der Waals surface area contributed by atoms with Gasteiger partial charge in [-0.2, -0.15) is 0 Å². The Kier molecular flexibility index (Phi) is 8.24. The third-order valence-corrected chi connectivity index (χ3v) is 10.2. The molecule has 0 amide bonds. The van der Waals surface area contributed by atoms with Crippen LogP contribution in [0.25, 0.3) is 0 Å². The summed E-state index contributed by atoms with van der Waals surface area (Å²) in [6.07, 6.45) is 8.35. The van der Waals surface area contributed by atoms with Gasteiger partial charge < -0.3 is 14.4 Å². The molecule has 0 spiro atoms. The number of hydrogen-bond acceptors (Lipinski definition) is 5. The molecule has 5 nitrogen and oxygen atoms in total. The zero-order valence-corrected chi connectivity index (χ0v) is 27.9. The summed E-state index contributed by atoms with van der Waals surface area (Å²) in [5.41, 5.74) is 6.54. The van der Waals surface area contributed by atoms with Crippen molar-refractivity contribution in [3.8, 4) is 11.5 Å². The van der Waals surface area contributed by atoms with Crippen LogP contribution in [0.2, 0.25) is 5.02 Å². The average molecular weight is 616 g/mol. The molecular formula is C38H46ClNO4. The molecule has 0 unspecified atom stereocenters. The first-order chi connectivity index (χ1) is 20.9. The molecule has 0 bridgehead atoms. The highest BCUT2D eigenvalue weighted by Crippen LogP contribution is 2.56. The minimum atomic E-state index is -0.468. The number of hydrogen-bond donors (Lipinski definition) is 0. The largest absolute Gasteiger partial charge is 0.493 e. The molecule has 0 atom stereocenters. The van der Waals surface area contributed by atoms with Crippen LogP contribution in [0.1, 0.15) is 108 Å². The molecule has 44 heavy (non-hydrogen) atoms. The van der Waals surface area contributed by atoms with Gasteiger partial charge in [-0.3, -0.25) is 9.59 Å². The van der Waals surface area contributed by atoms with Gasteiger partial charge >= 0.3 is 0 Å². The summed E-state index contributed by atoms with van der Waals surface area (Å²) in [4.78, 5) is 31.0. The molecular weight excluding hydrogens is 570 g/mol. The molecule has 1 aliphatic heterocycles. The minimum absolute atomic E-state index is 0.140. The van der Waals surface area contributed by atoms with E-state index in [0.717, 1.165) is 64.9 Å². The summed E-state index contributed by atoms with van der Waals surface area (Å²) in [5.74, 6) is 0.785. The first-order valence-electron chi connectivity index (χ1n) is 16.2. The maximum absolute atomic E-state index is 14.3. The predicted molar refractivity (Wildman–Crippen MR) is 175 cm³/mol. The number of ether oxygens (including phenoxy) is 2. The number of carbonyl (C=O) groups is 2. The molecule has 1 fully saturated rings. The zero-order valence-electron chi connectivity index (χ0n) is 27.1. The van der Waals surface area contributed by atoms with Gasteiger partial charge in [0, 0.05) is 47.3 Å². The molecule has 1 heterocycles. The van der Waals surface area contributed by atoms with Crippen molar-refractivity contribution in [2.75, 3.05) is 7.11 Å². The number of aryl methyl sites for hydroxylation is 1. The molecule has 1 saturated carbocycles. The fraction of sp³-hybridized carbons (Fsp3) is 0.526. The zero-order chi connectivity index (χ0) is 31.4. The molecule has 0 aromatic heterocycles. The van der Waals surface area contributed by atoms with Crippen LogP contribution < -0.4 is 9.47 Å². The topological polar surface area (TPSA) is 55.8 Å². The molecule has 2 aromatic rings. The number of halogens is 1. The Morgan fingerprint density at radius 2 is 1.48 bits per heavy atom. The maximum atomic E-state index is 14.3. The smallest absolute Gasteiger partial charge is 0.180 e. The second-order valence-corrected chi connectivity index (χ2v) is 15.4. The third kappa shape index (κ3) is 5.85. The standard InChI is InChI=1S/C38H46ClNO4/c1-23-11-10-12-24(15-23)22-44-36-27(39)16-25(17-32(36)43-6)33-34-28(18-37(2,3)20-30(34)41)40(26-13-8-7-9-14-26)29-19-38(4,5)21-31(42)35(29)33/h10-12,15-17,26,33H,7-9,13-14,18-22H2,1-6H3. The summed E-state index contributed by atoms with van der Waals surface area (Å²) in [5, 5.41) is 0.415. The Hall–Kier alpha value is -3.05. The Bertz CT molecular complexity index is 1500. The maximum Gasteiger partial charge on any atom is 0.180 e. The number of nitrogens with zero attached hydrogens (tertiary/aromatic N) is 1. The number of carbonyl (C=O) groups excluding carboxylic acids is 2. The van der Waals surface area contributed by atoms with E-state index in [0.29, 0.717) is 42.0 Å². The molecule has 0 radical (unpaired) electrons. The van der Waals surface area contributed by atoms with Gasteiger partial charge in [-0.1, -0.05) is 88.4 Å². The van der Waals surface area contributed by atoms with E-state index in [9.17, 15) is 9.59 Å². The SMILES string of the molecule is COc1cc(C2C3=C(CC(C)(C)CC3=O)N(C3CCCCC3)C3=C2C(=O)CC(C)(C)C3)cc(Cl)c1OCc1cccc(C)c1. The van der Waals surface area contributed by atoms with Crippen LogP contribution in [0.5, 0.6) is 11.5 Å².